The van der Waals surface area contributed by atoms with E-state index in [0.717, 1.165) is 18.2 Å². The highest BCUT2D eigenvalue weighted by Crippen LogP contribution is 2.26. The molecule has 0 amide bonds. The van der Waals surface area contributed by atoms with E-state index < -0.39 is 0 Å². The van der Waals surface area contributed by atoms with Crippen LogP contribution in [0.1, 0.15) is 37.9 Å². The quantitative estimate of drug-likeness (QED) is 0.822. The van der Waals surface area contributed by atoms with Gasteiger partial charge in [0, 0.05) is 6.04 Å². The Morgan fingerprint density at radius 2 is 2.33 bits per heavy atom. The minimum absolute atomic E-state index is 0.214. The van der Waals surface area contributed by atoms with Crippen molar-refractivity contribution in [3.05, 3.63) is 29.8 Å². The maximum absolute atomic E-state index is 12.6. The van der Waals surface area contributed by atoms with Crippen LogP contribution in [0, 0.1) is 11.7 Å². The molecule has 0 aliphatic heterocycles. The number of aromatic nitrogens is 1. The van der Waals surface area contributed by atoms with Crippen LogP contribution in [0.2, 0.25) is 0 Å². The number of hydrogen-bond donors (Lipinski definition) is 1. The van der Waals surface area contributed by atoms with Gasteiger partial charge in [0.1, 0.15) is 5.82 Å². The summed E-state index contributed by atoms with van der Waals surface area (Å²) in [5, 5.41) is 3.44. The average molecular weight is 208 g/mol. The van der Waals surface area contributed by atoms with Crippen molar-refractivity contribution in [3.8, 4) is 0 Å². The highest BCUT2D eigenvalue weighted by molar-refractivity contribution is 5.08. The molecular weight excluding hydrogens is 191 g/mol. The van der Waals surface area contributed by atoms with E-state index in [1.54, 1.807) is 6.07 Å². The first-order valence-electron chi connectivity index (χ1n) is 5.60. The van der Waals surface area contributed by atoms with Crippen LogP contribution in [-0.4, -0.2) is 11.5 Å². The Kier molecular flexibility index (Phi) is 3.31. The summed E-state index contributed by atoms with van der Waals surface area (Å²) in [4.78, 5) is 4.06. The molecule has 0 radical (unpaired) electrons. The van der Waals surface area contributed by atoms with Gasteiger partial charge < -0.3 is 5.32 Å². The van der Waals surface area contributed by atoms with Crippen LogP contribution in [0.5, 0.6) is 0 Å². The molecule has 1 saturated carbocycles. The molecule has 0 saturated heterocycles. The molecule has 1 aliphatic carbocycles. The van der Waals surface area contributed by atoms with Crippen LogP contribution in [0.25, 0.3) is 0 Å². The fourth-order valence-electron chi connectivity index (χ4n) is 1.79. The summed E-state index contributed by atoms with van der Waals surface area (Å²) in [5.74, 6) is 0.567. The average Bonchev–Trinajstić information content (AvgIpc) is 2.16. The van der Waals surface area contributed by atoms with E-state index in [1.807, 2.05) is 0 Å². The van der Waals surface area contributed by atoms with Gasteiger partial charge in [-0.2, -0.15) is 0 Å². The first-order valence-corrected chi connectivity index (χ1v) is 5.60. The number of nitrogens with zero attached hydrogens (tertiary/aromatic N) is 1. The van der Waals surface area contributed by atoms with Crippen molar-refractivity contribution in [3.63, 3.8) is 0 Å². The van der Waals surface area contributed by atoms with Gasteiger partial charge in [0.05, 0.1) is 11.9 Å². The number of hydrogen-bond acceptors (Lipinski definition) is 2. The summed E-state index contributed by atoms with van der Waals surface area (Å²) in [7, 11) is 0. The summed E-state index contributed by atoms with van der Waals surface area (Å²) in [6, 6.07) is 3.42. The van der Waals surface area contributed by atoms with Crippen molar-refractivity contribution < 1.29 is 4.39 Å². The Balaban J connectivity index is 1.83. The second kappa shape index (κ2) is 4.71. The highest BCUT2D eigenvalue weighted by atomic mass is 19.1. The maximum atomic E-state index is 12.6. The lowest BCUT2D eigenvalue weighted by Crippen LogP contribution is -2.29. The lowest BCUT2D eigenvalue weighted by Gasteiger charge is -2.27. The van der Waals surface area contributed by atoms with Crippen LogP contribution in [0.3, 0.4) is 0 Å². The lowest BCUT2D eigenvalue weighted by molar-refractivity contribution is 0.291. The molecule has 1 fully saturated rings. The molecule has 1 aliphatic rings. The van der Waals surface area contributed by atoms with Gasteiger partial charge in [-0.25, -0.2) is 4.39 Å². The molecule has 15 heavy (non-hydrogen) atoms. The second-order valence-electron chi connectivity index (χ2n) is 4.33. The first kappa shape index (κ1) is 10.6. The van der Waals surface area contributed by atoms with Crippen molar-refractivity contribution in [1.82, 2.24) is 10.3 Å². The van der Waals surface area contributed by atoms with Gasteiger partial charge in [-0.15, -0.1) is 0 Å². The van der Waals surface area contributed by atoms with E-state index in [4.69, 9.17) is 0 Å². The van der Waals surface area contributed by atoms with E-state index in [1.165, 1.54) is 31.5 Å². The lowest BCUT2D eigenvalue weighted by atomic mass is 9.85. The zero-order valence-corrected chi connectivity index (χ0v) is 9.04. The van der Waals surface area contributed by atoms with E-state index >= 15 is 0 Å². The van der Waals surface area contributed by atoms with Gasteiger partial charge in [0.25, 0.3) is 0 Å². The Labute approximate surface area is 89.9 Å². The number of pyridine rings is 1. The Morgan fingerprint density at radius 1 is 1.53 bits per heavy atom. The Bertz CT molecular complexity index is 306. The summed E-state index contributed by atoms with van der Waals surface area (Å²) in [6.07, 6.45) is 5.33. The van der Waals surface area contributed by atoms with E-state index in [-0.39, 0.29) is 11.9 Å². The summed E-state index contributed by atoms with van der Waals surface area (Å²) in [5.41, 5.74) is 0.913. The van der Waals surface area contributed by atoms with Crippen molar-refractivity contribution in [2.45, 2.75) is 32.2 Å². The largest absolute Gasteiger partial charge is 0.309 e. The maximum Gasteiger partial charge on any atom is 0.141 e. The molecule has 3 heteroatoms. The molecule has 2 rings (SSSR count). The van der Waals surface area contributed by atoms with Crippen LogP contribution < -0.4 is 5.32 Å². The molecule has 1 atom stereocenters. The van der Waals surface area contributed by atoms with E-state index in [0.29, 0.717) is 0 Å². The molecule has 0 aromatic carbocycles. The van der Waals surface area contributed by atoms with Crippen LogP contribution in [-0.2, 0) is 0 Å². The molecule has 1 aromatic rings. The molecule has 1 N–H and O–H groups in total. The predicted molar refractivity (Wildman–Crippen MR) is 58.0 cm³/mol. The fraction of sp³-hybridized carbons (Fsp3) is 0.583. The normalized spacial score (nSPS) is 18.5. The fourth-order valence-corrected chi connectivity index (χ4v) is 1.79. The smallest absolute Gasteiger partial charge is 0.141 e. The van der Waals surface area contributed by atoms with Gasteiger partial charge in [0.2, 0.25) is 0 Å². The summed E-state index contributed by atoms with van der Waals surface area (Å²) < 4.78 is 12.6. The van der Waals surface area contributed by atoms with Gasteiger partial charge in [-0.3, -0.25) is 4.98 Å². The van der Waals surface area contributed by atoms with Crippen LogP contribution in [0.4, 0.5) is 4.39 Å². The molecule has 1 heterocycles. The van der Waals surface area contributed by atoms with Gasteiger partial charge in [0.15, 0.2) is 0 Å². The van der Waals surface area contributed by atoms with Gasteiger partial charge in [-0.1, -0.05) is 6.42 Å². The molecular formula is C12H17FN2. The molecule has 0 spiro atoms. The first-order chi connectivity index (χ1) is 7.25. The number of rotatable bonds is 4. The summed E-state index contributed by atoms with van der Waals surface area (Å²) >= 11 is 0. The number of halogens is 1. The molecule has 2 nitrogen and oxygen atoms in total. The highest BCUT2D eigenvalue weighted by Gasteiger charge is 2.18. The zero-order chi connectivity index (χ0) is 10.7. The number of nitrogens with one attached hydrogen (secondary N) is 1. The molecule has 0 bridgehead atoms. The molecule has 1 unspecified atom stereocenters. The minimum Gasteiger partial charge on any atom is -0.309 e. The SMILES string of the molecule is CC(NCC1CCC1)c1ccc(F)cn1. The van der Waals surface area contributed by atoms with E-state index in [9.17, 15) is 4.39 Å². The molecule has 82 valence electrons. The zero-order valence-electron chi connectivity index (χ0n) is 9.04. The predicted octanol–water partition coefficient (Wildman–Crippen LogP) is 2.67. The van der Waals surface area contributed by atoms with Gasteiger partial charge in [-0.05, 0) is 44.4 Å². The third-order valence-electron chi connectivity index (χ3n) is 3.13. The van der Waals surface area contributed by atoms with Crippen LogP contribution >= 0.6 is 0 Å². The van der Waals surface area contributed by atoms with Crippen LogP contribution in [0.15, 0.2) is 18.3 Å². The van der Waals surface area contributed by atoms with Crippen molar-refractivity contribution in [2.24, 2.45) is 5.92 Å². The minimum atomic E-state index is -0.273. The van der Waals surface area contributed by atoms with Crippen molar-refractivity contribution in [1.29, 1.82) is 0 Å². The topological polar surface area (TPSA) is 24.9 Å². The summed E-state index contributed by atoms with van der Waals surface area (Å²) in [6.45, 7) is 3.12. The third kappa shape index (κ3) is 2.75. The third-order valence-corrected chi connectivity index (χ3v) is 3.13. The van der Waals surface area contributed by atoms with E-state index in [2.05, 4.69) is 17.2 Å². The Morgan fingerprint density at radius 3 is 2.87 bits per heavy atom. The monoisotopic (exact) mass is 208 g/mol. The standard InChI is InChI=1S/C12H17FN2/c1-9(14-7-10-3-2-4-10)12-6-5-11(13)8-15-12/h5-6,8-10,14H,2-4,7H2,1H3. The van der Waals surface area contributed by atoms with Gasteiger partial charge >= 0.3 is 0 Å². The Hall–Kier alpha value is -0.960. The second-order valence-corrected chi connectivity index (χ2v) is 4.33. The van der Waals surface area contributed by atoms with Crippen molar-refractivity contribution in [2.75, 3.05) is 6.54 Å². The van der Waals surface area contributed by atoms with Crippen molar-refractivity contribution >= 4 is 0 Å². The molecule has 1 aromatic heterocycles.